The van der Waals surface area contributed by atoms with E-state index in [2.05, 4.69) is 120 Å². The minimum atomic E-state index is -2.18. The third-order valence-corrected chi connectivity index (χ3v) is 11.3. The molecule has 35 heavy (non-hydrogen) atoms. The highest BCUT2D eigenvalue weighted by atomic mass is 32.4. The Labute approximate surface area is 210 Å². The van der Waals surface area contributed by atoms with E-state index in [9.17, 15) is 0 Å². The third kappa shape index (κ3) is 3.83. The van der Waals surface area contributed by atoms with Crippen LogP contribution in [0.2, 0.25) is 0 Å². The molecule has 2 nitrogen and oxygen atoms in total. The molecule has 0 aliphatic heterocycles. The fraction of sp³-hybridized carbons (Fsp3) is 0. The summed E-state index contributed by atoms with van der Waals surface area (Å²) in [4.78, 5) is 5.01. The van der Waals surface area contributed by atoms with E-state index in [1.54, 1.807) is 0 Å². The van der Waals surface area contributed by atoms with Gasteiger partial charge in [0.15, 0.2) is 0 Å². The van der Waals surface area contributed by atoms with Crippen LogP contribution in [0.15, 0.2) is 140 Å². The smallest absolute Gasteiger partial charge is 0.145 e. The Morgan fingerprint density at radius 1 is 0.514 bits per heavy atom. The van der Waals surface area contributed by atoms with Crippen molar-refractivity contribution in [3.63, 3.8) is 0 Å². The Bertz CT molecular complexity index is 1600. The summed E-state index contributed by atoms with van der Waals surface area (Å²) in [5, 5.41) is 3.58. The highest BCUT2D eigenvalue weighted by Gasteiger charge is 2.25. The molecular weight excluding hydrogens is 463 g/mol. The number of imidazole rings is 1. The van der Waals surface area contributed by atoms with Crippen LogP contribution in [0, 0.1) is 0 Å². The zero-order valence-corrected chi connectivity index (χ0v) is 20.7. The van der Waals surface area contributed by atoms with Crippen molar-refractivity contribution in [3.05, 3.63) is 140 Å². The monoisotopic (exact) mass is 486 g/mol. The summed E-state index contributed by atoms with van der Waals surface area (Å²) in [7, 11) is 0. The van der Waals surface area contributed by atoms with Crippen LogP contribution in [-0.2, 0) is 11.8 Å². The predicted octanol–water partition coefficient (Wildman–Crippen LogP) is 6.45. The van der Waals surface area contributed by atoms with Gasteiger partial charge >= 0.3 is 0 Å². The number of benzene rings is 5. The van der Waals surface area contributed by atoms with Gasteiger partial charge in [-0.1, -0.05) is 127 Å². The number of para-hydroxylation sites is 3. The van der Waals surface area contributed by atoms with Gasteiger partial charge in [0.25, 0.3) is 0 Å². The van der Waals surface area contributed by atoms with Gasteiger partial charge in [0.05, 0.1) is 11.0 Å². The third-order valence-electron chi connectivity index (χ3n) is 6.30. The molecule has 6 rings (SSSR count). The van der Waals surface area contributed by atoms with Crippen LogP contribution < -0.4 is 15.9 Å². The van der Waals surface area contributed by atoms with E-state index in [1.165, 1.54) is 15.9 Å². The molecule has 0 radical (unpaired) electrons. The average Bonchev–Trinajstić information content (AvgIpc) is 3.34. The second-order valence-corrected chi connectivity index (χ2v) is 12.8. The van der Waals surface area contributed by atoms with Gasteiger partial charge in [-0.05, 0) is 40.2 Å². The van der Waals surface area contributed by atoms with Crippen LogP contribution in [0.3, 0.4) is 0 Å². The number of fused-ring (bicyclic) bond motifs is 1. The van der Waals surface area contributed by atoms with Crippen LogP contribution in [0.5, 0.6) is 0 Å². The lowest BCUT2D eigenvalue weighted by molar-refractivity contribution is 1.10. The van der Waals surface area contributed by atoms with Crippen LogP contribution in [0.1, 0.15) is 0 Å². The largest absolute Gasteiger partial charge is 0.292 e. The quantitative estimate of drug-likeness (QED) is 0.261. The molecule has 0 N–H and O–H groups in total. The molecule has 1 heterocycles. The van der Waals surface area contributed by atoms with E-state index in [0.29, 0.717) is 0 Å². The van der Waals surface area contributed by atoms with Gasteiger partial charge in [-0.2, -0.15) is 0 Å². The zero-order chi connectivity index (χ0) is 23.7. The number of rotatable bonds is 5. The maximum Gasteiger partial charge on any atom is 0.145 e. The summed E-state index contributed by atoms with van der Waals surface area (Å²) < 4.78 is 2.23. The fourth-order valence-electron chi connectivity index (χ4n) is 4.60. The van der Waals surface area contributed by atoms with E-state index >= 15 is 0 Å². The van der Waals surface area contributed by atoms with Gasteiger partial charge in [0, 0.05) is 17.3 Å². The first-order chi connectivity index (χ1) is 17.2. The van der Waals surface area contributed by atoms with Crippen molar-refractivity contribution < 1.29 is 0 Å². The van der Waals surface area contributed by atoms with Crippen molar-refractivity contribution >= 4 is 44.8 Å². The van der Waals surface area contributed by atoms with Crippen molar-refractivity contribution in [2.24, 2.45) is 0 Å². The minimum absolute atomic E-state index is 0.927. The number of nitrogens with zero attached hydrogens (tertiary/aromatic N) is 2. The molecule has 0 aliphatic carbocycles. The Morgan fingerprint density at radius 2 is 1.00 bits per heavy atom. The first-order valence-corrected chi connectivity index (χ1v) is 14.4. The van der Waals surface area contributed by atoms with Gasteiger partial charge in [0.2, 0.25) is 0 Å². The predicted molar refractivity (Wildman–Crippen MR) is 153 cm³/mol. The highest BCUT2D eigenvalue weighted by Crippen LogP contribution is 2.43. The molecule has 0 saturated carbocycles. The lowest BCUT2D eigenvalue weighted by Crippen LogP contribution is -2.24. The molecule has 0 atom stereocenters. The summed E-state index contributed by atoms with van der Waals surface area (Å²) in [6.07, 6.45) is 0. The van der Waals surface area contributed by atoms with Gasteiger partial charge < -0.3 is 0 Å². The Morgan fingerprint density at radius 3 is 1.60 bits per heavy atom. The molecule has 0 unspecified atom stereocenters. The van der Waals surface area contributed by atoms with E-state index in [1.807, 2.05) is 24.3 Å². The summed E-state index contributed by atoms with van der Waals surface area (Å²) in [6.45, 7) is 0. The normalized spacial score (nSPS) is 11.5. The standard InChI is InChI=1S/C31H23N2PS/c35-34(26-14-6-2-7-15-26,27-16-8-3-9-17-27)28-22-20-24(21-23-28)31-32-29-18-10-11-19-30(29)33(31)25-12-4-1-5-13-25/h1-23H. The molecule has 4 heteroatoms. The molecule has 0 bridgehead atoms. The van der Waals surface area contributed by atoms with Crippen LogP contribution in [0.25, 0.3) is 28.1 Å². The topological polar surface area (TPSA) is 17.8 Å². The fourth-order valence-corrected chi connectivity index (χ4v) is 8.34. The van der Waals surface area contributed by atoms with Gasteiger partial charge in [-0.15, -0.1) is 0 Å². The first-order valence-electron chi connectivity index (χ1n) is 11.6. The lowest BCUT2D eigenvalue weighted by atomic mass is 10.2. The van der Waals surface area contributed by atoms with E-state index < -0.39 is 6.04 Å². The van der Waals surface area contributed by atoms with Gasteiger partial charge in [-0.3, -0.25) is 4.57 Å². The number of hydrogen-bond donors (Lipinski definition) is 0. The number of hydrogen-bond acceptors (Lipinski definition) is 2. The molecule has 0 fully saturated rings. The van der Waals surface area contributed by atoms with Crippen LogP contribution in [0.4, 0.5) is 0 Å². The SMILES string of the molecule is S=P(c1ccccc1)(c1ccccc1)c1ccc(-c2nc3ccccc3n2-c2ccccc2)cc1. The van der Waals surface area contributed by atoms with E-state index in [-0.39, 0.29) is 0 Å². The summed E-state index contributed by atoms with van der Waals surface area (Å²) in [5.41, 5.74) is 4.24. The molecule has 168 valence electrons. The van der Waals surface area contributed by atoms with Crippen molar-refractivity contribution in [3.8, 4) is 17.1 Å². The van der Waals surface area contributed by atoms with Crippen molar-refractivity contribution in [1.29, 1.82) is 0 Å². The maximum absolute atomic E-state index is 6.51. The first kappa shape index (κ1) is 21.7. The average molecular weight is 487 g/mol. The van der Waals surface area contributed by atoms with Gasteiger partial charge in [-0.25, -0.2) is 4.98 Å². The maximum atomic E-state index is 6.51. The summed E-state index contributed by atoms with van der Waals surface area (Å²) in [6, 6.07) is 46.3. The molecule has 0 amide bonds. The molecule has 0 aliphatic rings. The highest BCUT2D eigenvalue weighted by molar-refractivity contribution is 8.25. The van der Waals surface area contributed by atoms with Crippen LogP contribution >= 0.6 is 6.04 Å². The minimum Gasteiger partial charge on any atom is -0.292 e. The Kier molecular flexibility index (Phi) is 5.66. The summed E-state index contributed by atoms with van der Waals surface area (Å²) in [5.74, 6) is 0.927. The van der Waals surface area contributed by atoms with Crippen molar-refractivity contribution in [2.45, 2.75) is 0 Å². The molecular formula is C31H23N2PS. The molecule has 5 aromatic carbocycles. The zero-order valence-electron chi connectivity index (χ0n) is 19.0. The van der Waals surface area contributed by atoms with Crippen molar-refractivity contribution in [2.75, 3.05) is 0 Å². The van der Waals surface area contributed by atoms with E-state index in [0.717, 1.165) is 28.1 Å². The molecule has 1 aromatic heterocycles. The second kappa shape index (κ2) is 9.11. The number of aromatic nitrogens is 2. The molecule has 6 aromatic rings. The van der Waals surface area contributed by atoms with E-state index in [4.69, 9.17) is 16.8 Å². The Balaban J connectivity index is 1.51. The summed E-state index contributed by atoms with van der Waals surface area (Å²) >= 11 is 6.51. The van der Waals surface area contributed by atoms with Crippen molar-refractivity contribution in [1.82, 2.24) is 9.55 Å². The lowest BCUT2D eigenvalue weighted by Gasteiger charge is -2.24. The van der Waals surface area contributed by atoms with Gasteiger partial charge in [0.1, 0.15) is 5.82 Å². The molecule has 0 saturated heterocycles. The Hall–Kier alpha value is -3.78. The second-order valence-electron chi connectivity index (χ2n) is 8.42. The molecule has 0 spiro atoms. The van der Waals surface area contributed by atoms with Crippen LogP contribution in [-0.4, -0.2) is 9.55 Å².